The number of hydrogen-bond acceptors (Lipinski definition) is 8. The molecule has 0 aliphatic carbocycles. The normalized spacial score (nSPS) is 11.5. The number of benzene rings is 2. The molecule has 0 spiro atoms. The largest absolute Gasteiger partial charge is 0.497 e. The molecular formula is C21H18ClN3O7. The van der Waals surface area contributed by atoms with E-state index >= 15 is 0 Å². The van der Waals surface area contributed by atoms with E-state index in [0.717, 1.165) is 7.11 Å². The molecule has 11 heteroatoms. The topological polar surface area (TPSA) is 137 Å². The number of halogens is 1. The van der Waals surface area contributed by atoms with Crippen molar-refractivity contribution in [1.29, 1.82) is 0 Å². The molecular weight excluding hydrogens is 442 g/mol. The number of ether oxygens (including phenoxy) is 3. The number of carbonyl (C=O) groups excluding carboxylic acids is 3. The van der Waals surface area contributed by atoms with Gasteiger partial charge in [-0.3, -0.25) is 19.2 Å². The van der Waals surface area contributed by atoms with Crippen LogP contribution in [0, 0.1) is 0 Å². The first-order chi connectivity index (χ1) is 15.3. The molecule has 32 heavy (non-hydrogen) atoms. The number of ketones is 1. The van der Waals surface area contributed by atoms with Crippen molar-refractivity contribution in [1.82, 2.24) is 9.97 Å². The van der Waals surface area contributed by atoms with Gasteiger partial charge in [0.05, 0.1) is 38.1 Å². The van der Waals surface area contributed by atoms with Crippen LogP contribution < -0.4 is 20.3 Å². The fourth-order valence-electron chi connectivity index (χ4n) is 2.96. The van der Waals surface area contributed by atoms with Gasteiger partial charge in [0, 0.05) is 11.1 Å². The number of aromatic amines is 1. The molecule has 3 rings (SSSR count). The number of H-pyrrole nitrogens is 1. The number of esters is 1. The van der Waals surface area contributed by atoms with E-state index in [1.807, 2.05) is 0 Å². The highest BCUT2D eigenvalue weighted by atomic mass is 35.5. The molecule has 0 bridgehead atoms. The molecule has 0 unspecified atom stereocenters. The number of fused-ring (bicyclic) bond motifs is 1. The van der Waals surface area contributed by atoms with E-state index < -0.39 is 34.8 Å². The number of rotatable bonds is 7. The minimum absolute atomic E-state index is 0.129. The number of carbonyl (C=O) groups is 3. The number of hydrogen-bond donors (Lipinski definition) is 2. The molecule has 1 aromatic heterocycles. The van der Waals surface area contributed by atoms with E-state index in [-0.39, 0.29) is 17.0 Å². The predicted octanol–water partition coefficient (Wildman–Crippen LogP) is 2.06. The minimum atomic E-state index is -1.89. The van der Waals surface area contributed by atoms with Crippen molar-refractivity contribution in [3.63, 3.8) is 0 Å². The van der Waals surface area contributed by atoms with E-state index in [9.17, 15) is 19.2 Å². The van der Waals surface area contributed by atoms with Gasteiger partial charge in [0.15, 0.2) is 5.92 Å². The van der Waals surface area contributed by atoms with Gasteiger partial charge in [-0.15, -0.1) is 0 Å². The third kappa shape index (κ3) is 4.54. The van der Waals surface area contributed by atoms with E-state index in [0.29, 0.717) is 16.3 Å². The Kier molecular flexibility index (Phi) is 6.74. The van der Waals surface area contributed by atoms with Crippen LogP contribution in [0.5, 0.6) is 11.5 Å². The van der Waals surface area contributed by atoms with Crippen molar-refractivity contribution < 1.29 is 28.6 Å². The van der Waals surface area contributed by atoms with Gasteiger partial charge in [-0.1, -0.05) is 11.6 Å². The van der Waals surface area contributed by atoms with Crippen LogP contribution in [0.2, 0.25) is 5.02 Å². The first-order valence-corrected chi connectivity index (χ1v) is 9.51. The number of anilines is 1. The SMILES string of the molecule is COC(=O)[C@H](C(=O)C(=O)Nc1cc(OC)ccc1OC)c1nc2ccc(Cl)cc2[nH]c1=O. The van der Waals surface area contributed by atoms with Crippen LogP contribution in [-0.2, 0) is 19.1 Å². The Hall–Kier alpha value is -3.92. The van der Waals surface area contributed by atoms with E-state index in [2.05, 4.69) is 20.0 Å². The van der Waals surface area contributed by atoms with Crippen molar-refractivity contribution in [3.05, 3.63) is 57.5 Å². The molecule has 1 atom stereocenters. The zero-order chi connectivity index (χ0) is 23.4. The number of Topliss-reactive ketones (excluding diaryl/α,β-unsaturated/α-hetero) is 1. The molecule has 0 fully saturated rings. The molecule has 1 heterocycles. The molecule has 2 N–H and O–H groups in total. The quantitative estimate of drug-likeness (QED) is 0.311. The molecule has 0 saturated heterocycles. The molecule has 10 nitrogen and oxygen atoms in total. The molecule has 3 aromatic rings. The van der Waals surface area contributed by atoms with Crippen LogP contribution in [0.3, 0.4) is 0 Å². The zero-order valence-corrected chi connectivity index (χ0v) is 18.0. The van der Waals surface area contributed by atoms with Crippen LogP contribution in [-0.4, -0.2) is 49.0 Å². The molecule has 0 aliphatic rings. The first-order valence-electron chi connectivity index (χ1n) is 9.13. The molecule has 0 saturated carbocycles. The van der Waals surface area contributed by atoms with Gasteiger partial charge in [-0.25, -0.2) is 4.98 Å². The van der Waals surface area contributed by atoms with Gasteiger partial charge < -0.3 is 24.5 Å². The standard InChI is InChI=1S/C21H18ClN3O7/c1-30-11-5-7-15(31-2)14(9-11)25-20(28)18(26)16(21(29)32-3)17-19(27)24-13-8-10(22)4-6-12(13)23-17/h4-9,16H,1-3H3,(H,24,27)(H,25,28)/t16-/m0/s1. The summed E-state index contributed by atoms with van der Waals surface area (Å²) in [6.45, 7) is 0. The Balaban J connectivity index is 2.01. The monoisotopic (exact) mass is 459 g/mol. The second-order valence-corrected chi connectivity index (χ2v) is 6.89. The number of aromatic nitrogens is 2. The highest BCUT2D eigenvalue weighted by molar-refractivity contribution is 6.45. The Morgan fingerprint density at radius 3 is 2.47 bits per heavy atom. The van der Waals surface area contributed by atoms with Crippen molar-refractivity contribution in [3.8, 4) is 11.5 Å². The highest BCUT2D eigenvalue weighted by Crippen LogP contribution is 2.29. The predicted molar refractivity (Wildman–Crippen MR) is 115 cm³/mol. The van der Waals surface area contributed by atoms with Gasteiger partial charge in [-0.05, 0) is 30.3 Å². The summed E-state index contributed by atoms with van der Waals surface area (Å²) < 4.78 is 14.9. The lowest BCUT2D eigenvalue weighted by molar-refractivity contribution is -0.148. The highest BCUT2D eigenvalue weighted by Gasteiger charge is 2.38. The van der Waals surface area contributed by atoms with Crippen molar-refractivity contribution in [2.45, 2.75) is 5.92 Å². The summed E-state index contributed by atoms with van der Waals surface area (Å²) in [5, 5.41) is 2.73. The smallest absolute Gasteiger partial charge is 0.323 e. The number of nitrogens with zero attached hydrogens (tertiary/aromatic N) is 1. The molecule has 0 radical (unpaired) electrons. The first kappa shape index (κ1) is 22.8. The third-order valence-electron chi connectivity index (χ3n) is 4.53. The molecule has 2 aromatic carbocycles. The molecule has 166 valence electrons. The maximum atomic E-state index is 12.9. The maximum Gasteiger partial charge on any atom is 0.323 e. The van der Waals surface area contributed by atoms with E-state index in [4.69, 9.17) is 21.1 Å². The summed E-state index contributed by atoms with van der Waals surface area (Å²) >= 11 is 5.91. The zero-order valence-electron chi connectivity index (χ0n) is 17.2. The number of amides is 1. The molecule has 0 aliphatic heterocycles. The molecule has 1 amide bonds. The lowest BCUT2D eigenvalue weighted by Crippen LogP contribution is -2.37. The van der Waals surface area contributed by atoms with Gasteiger partial charge in [-0.2, -0.15) is 0 Å². The van der Waals surface area contributed by atoms with E-state index in [1.54, 1.807) is 6.07 Å². The fraction of sp³-hybridized carbons (Fsp3) is 0.190. The Morgan fingerprint density at radius 1 is 1.06 bits per heavy atom. The van der Waals surface area contributed by atoms with Crippen LogP contribution in [0.25, 0.3) is 11.0 Å². The van der Waals surface area contributed by atoms with Crippen LogP contribution in [0.1, 0.15) is 11.6 Å². The average Bonchev–Trinajstić information content (AvgIpc) is 2.79. The fourth-order valence-corrected chi connectivity index (χ4v) is 3.13. The lowest BCUT2D eigenvalue weighted by Gasteiger charge is -2.15. The summed E-state index contributed by atoms with van der Waals surface area (Å²) in [7, 11) is 3.83. The van der Waals surface area contributed by atoms with Crippen LogP contribution >= 0.6 is 11.6 Å². The Bertz CT molecular complexity index is 1270. The number of nitrogens with one attached hydrogen (secondary N) is 2. The Morgan fingerprint density at radius 2 is 1.81 bits per heavy atom. The van der Waals surface area contributed by atoms with Crippen molar-refractivity contribution in [2.24, 2.45) is 0 Å². The van der Waals surface area contributed by atoms with Crippen LogP contribution in [0.4, 0.5) is 5.69 Å². The second-order valence-electron chi connectivity index (χ2n) is 6.45. The summed E-state index contributed by atoms with van der Waals surface area (Å²) in [5.41, 5.74) is -0.628. The van der Waals surface area contributed by atoms with Crippen LogP contribution in [0.15, 0.2) is 41.2 Å². The maximum absolute atomic E-state index is 12.9. The summed E-state index contributed by atoms with van der Waals surface area (Å²) in [6.07, 6.45) is 0. The van der Waals surface area contributed by atoms with Gasteiger partial charge in [0.2, 0.25) is 5.78 Å². The Labute approximate surface area is 186 Å². The summed E-state index contributed by atoms with van der Waals surface area (Å²) in [5.74, 6) is -4.78. The second kappa shape index (κ2) is 9.48. The third-order valence-corrected chi connectivity index (χ3v) is 4.77. The minimum Gasteiger partial charge on any atom is -0.497 e. The van der Waals surface area contributed by atoms with Crippen molar-refractivity contribution >= 4 is 46.0 Å². The van der Waals surface area contributed by atoms with E-state index in [1.165, 1.54) is 44.6 Å². The van der Waals surface area contributed by atoms with Gasteiger partial charge in [0.1, 0.15) is 17.2 Å². The van der Waals surface area contributed by atoms with Gasteiger partial charge >= 0.3 is 5.97 Å². The summed E-state index contributed by atoms with van der Waals surface area (Å²) in [4.78, 5) is 57.3. The lowest BCUT2D eigenvalue weighted by atomic mass is 9.99. The van der Waals surface area contributed by atoms with Crippen molar-refractivity contribution in [2.75, 3.05) is 26.6 Å². The average molecular weight is 460 g/mol. The van der Waals surface area contributed by atoms with Gasteiger partial charge in [0.25, 0.3) is 11.5 Å². The number of methoxy groups -OCH3 is 3. The summed E-state index contributed by atoms with van der Waals surface area (Å²) in [6, 6.07) is 9.04.